The van der Waals surface area contributed by atoms with Crippen LogP contribution in [-0.2, 0) is 44.8 Å². The average Bonchev–Trinajstić information content (AvgIpc) is 3.26. The Bertz CT molecular complexity index is 1100. The van der Waals surface area contributed by atoms with E-state index in [-0.39, 0.29) is 44.6 Å². The van der Waals surface area contributed by atoms with Gasteiger partial charge in [0.05, 0.1) is 6.42 Å². The summed E-state index contributed by atoms with van der Waals surface area (Å²) in [5.74, 6) is -3.11. The van der Waals surface area contributed by atoms with E-state index in [0.717, 1.165) is 5.56 Å². The van der Waals surface area contributed by atoms with Gasteiger partial charge in [-0.25, -0.2) is 4.79 Å². The number of hydroxylamine groups is 2. The molecule has 4 N–H and O–H groups in total. The van der Waals surface area contributed by atoms with Gasteiger partial charge in [-0.2, -0.15) is 11.8 Å². The van der Waals surface area contributed by atoms with Crippen LogP contribution in [0, 0.1) is 5.92 Å². The Kier molecular flexibility index (Phi) is 14.5. The van der Waals surface area contributed by atoms with Gasteiger partial charge >= 0.3 is 5.97 Å². The minimum Gasteiger partial charge on any atom is -0.354 e. The largest absolute Gasteiger partial charge is 0.354 e. The number of carbonyl (C=O) groups is 7. The van der Waals surface area contributed by atoms with Crippen molar-refractivity contribution in [3.63, 3.8) is 0 Å². The van der Waals surface area contributed by atoms with E-state index in [2.05, 4.69) is 21.3 Å². The summed E-state index contributed by atoms with van der Waals surface area (Å²) in [5, 5.41) is 10.9. The van der Waals surface area contributed by atoms with Crippen molar-refractivity contribution in [2.24, 2.45) is 5.92 Å². The monoisotopic (exact) mass is 605 g/mol. The fourth-order valence-corrected chi connectivity index (χ4v) is 4.60. The Labute approximate surface area is 249 Å². The molecule has 2 rings (SSSR count). The number of carbonyl (C=O) groups excluding carboxylic acids is 7. The zero-order chi connectivity index (χ0) is 31.1. The van der Waals surface area contributed by atoms with Crippen LogP contribution in [0.5, 0.6) is 0 Å². The zero-order valence-electron chi connectivity index (χ0n) is 24.1. The quantitative estimate of drug-likeness (QED) is 0.135. The second kappa shape index (κ2) is 17.8. The summed E-state index contributed by atoms with van der Waals surface area (Å²) in [7, 11) is 0. The van der Waals surface area contributed by atoms with E-state index in [1.807, 2.05) is 26.2 Å². The topological polar surface area (TPSA) is 180 Å². The van der Waals surface area contributed by atoms with E-state index in [9.17, 15) is 33.6 Å². The molecule has 14 heteroatoms. The first-order valence-corrected chi connectivity index (χ1v) is 15.1. The van der Waals surface area contributed by atoms with Gasteiger partial charge in [0.15, 0.2) is 0 Å². The van der Waals surface area contributed by atoms with Crippen LogP contribution in [-0.4, -0.2) is 83.7 Å². The molecular formula is C28H39N5O8S. The molecule has 1 saturated heterocycles. The predicted molar refractivity (Wildman–Crippen MR) is 154 cm³/mol. The number of imide groups is 1. The van der Waals surface area contributed by atoms with Crippen LogP contribution in [0.25, 0.3) is 0 Å². The minimum atomic E-state index is -1.05. The van der Waals surface area contributed by atoms with Gasteiger partial charge in [0.25, 0.3) is 11.8 Å². The lowest BCUT2D eigenvalue weighted by Gasteiger charge is -2.26. The van der Waals surface area contributed by atoms with Crippen molar-refractivity contribution in [3.05, 3.63) is 35.9 Å². The van der Waals surface area contributed by atoms with Crippen molar-refractivity contribution >= 4 is 53.7 Å². The molecule has 1 fully saturated rings. The molecule has 1 aliphatic heterocycles. The van der Waals surface area contributed by atoms with Crippen LogP contribution in [0.15, 0.2) is 30.3 Å². The van der Waals surface area contributed by atoms with Crippen LogP contribution in [0.3, 0.4) is 0 Å². The van der Waals surface area contributed by atoms with E-state index in [1.165, 1.54) is 11.8 Å². The molecule has 1 aromatic rings. The number of hydrogen-bond acceptors (Lipinski definition) is 9. The highest BCUT2D eigenvalue weighted by atomic mass is 32.2. The summed E-state index contributed by atoms with van der Waals surface area (Å²) < 4.78 is 0. The fourth-order valence-electron chi connectivity index (χ4n) is 4.13. The Morgan fingerprint density at radius 3 is 2.17 bits per heavy atom. The van der Waals surface area contributed by atoms with E-state index in [1.54, 1.807) is 24.3 Å². The maximum absolute atomic E-state index is 13.4. The SMILES string of the molecule is CSCC[C@H](NC=O)C(=O)N[C@@H](CC(C)C)C(=O)N[C@@H](Cc1ccccc1)C(=O)NCCC(=O)ON1C(=O)CCC1=O. The fraction of sp³-hybridized carbons (Fsp3) is 0.536. The maximum atomic E-state index is 13.4. The molecule has 3 atom stereocenters. The second-order valence-electron chi connectivity index (χ2n) is 10.1. The van der Waals surface area contributed by atoms with Crippen molar-refractivity contribution < 1.29 is 38.4 Å². The molecular weight excluding hydrogens is 566 g/mol. The van der Waals surface area contributed by atoms with E-state index in [4.69, 9.17) is 4.84 Å². The summed E-state index contributed by atoms with van der Waals surface area (Å²) in [6.45, 7) is 3.60. The van der Waals surface area contributed by atoms with Gasteiger partial charge in [-0.15, -0.1) is 5.06 Å². The first kappa shape index (κ1) is 34.3. The zero-order valence-corrected chi connectivity index (χ0v) is 24.9. The van der Waals surface area contributed by atoms with Crippen LogP contribution in [0.4, 0.5) is 0 Å². The summed E-state index contributed by atoms with van der Waals surface area (Å²) in [6.07, 6.45) is 2.73. The van der Waals surface area contributed by atoms with Crippen molar-refractivity contribution in [2.45, 2.75) is 70.5 Å². The molecule has 0 spiro atoms. The van der Waals surface area contributed by atoms with Gasteiger partial charge in [0, 0.05) is 25.8 Å². The van der Waals surface area contributed by atoms with Crippen LogP contribution >= 0.6 is 11.8 Å². The van der Waals surface area contributed by atoms with Gasteiger partial charge in [0.2, 0.25) is 24.1 Å². The summed E-state index contributed by atoms with van der Waals surface area (Å²) in [6, 6.07) is 6.15. The molecule has 6 amide bonds. The highest BCUT2D eigenvalue weighted by Crippen LogP contribution is 2.13. The van der Waals surface area contributed by atoms with Crippen molar-refractivity contribution in [2.75, 3.05) is 18.6 Å². The standard InChI is InChI=1S/C28H39N5O8S/c1-18(2)15-21(31-27(39)20(30-17-34)12-14-42-3)28(40)32-22(16-19-7-5-4-6-8-19)26(38)29-13-11-25(37)41-33-23(35)9-10-24(33)36/h4-8,17-18,20-22H,9-16H2,1-3H3,(H,29,38)(H,30,34)(H,31,39)(H,32,40)/t20-,21-,22-/m0/s1. The third-order valence-corrected chi connectivity index (χ3v) is 6.92. The average molecular weight is 606 g/mol. The van der Waals surface area contributed by atoms with Crippen LogP contribution in [0.1, 0.15) is 51.5 Å². The van der Waals surface area contributed by atoms with Crippen molar-refractivity contribution in [1.29, 1.82) is 0 Å². The normalized spacial score (nSPS) is 15.0. The predicted octanol–water partition coefficient (Wildman–Crippen LogP) is 0.226. The van der Waals surface area contributed by atoms with E-state index in [0.29, 0.717) is 23.6 Å². The molecule has 230 valence electrons. The molecule has 1 aromatic carbocycles. The summed E-state index contributed by atoms with van der Waals surface area (Å²) in [4.78, 5) is 90.7. The smallest absolute Gasteiger partial charge is 0.334 e. The van der Waals surface area contributed by atoms with Gasteiger partial charge in [-0.3, -0.25) is 28.8 Å². The van der Waals surface area contributed by atoms with Gasteiger partial charge in [0.1, 0.15) is 18.1 Å². The first-order valence-electron chi connectivity index (χ1n) is 13.7. The van der Waals surface area contributed by atoms with Crippen molar-refractivity contribution in [3.8, 4) is 0 Å². The number of nitrogens with one attached hydrogen (secondary N) is 4. The first-order chi connectivity index (χ1) is 20.0. The highest BCUT2D eigenvalue weighted by molar-refractivity contribution is 7.98. The number of amides is 6. The third kappa shape index (κ3) is 11.5. The highest BCUT2D eigenvalue weighted by Gasteiger charge is 2.33. The van der Waals surface area contributed by atoms with Crippen molar-refractivity contribution in [1.82, 2.24) is 26.3 Å². The second-order valence-corrected chi connectivity index (χ2v) is 11.1. The molecule has 42 heavy (non-hydrogen) atoms. The molecule has 13 nitrogen and oxygen atoms in total. The summed E-state index contributed by atoms with van der Waals surface area (Å²) >= 11 is 1.52. The molecule has 0 saturated carbocycles. The Morgan fingerprint density at radius 1 is 0.952 bits per heavy atom. The third-order valence-electron chi connectivity index (χ3n) is 6.28. The summed E-state index contributed by atoms with van der Waals surface area (Å²) in [5.41, 5.74) is 0.764. The Morgan fingerprint density at radius 2 is 1.57 bits per heavy atom. The number of nitrogens with zero attached hydrogens (tertiary/aromatic N) is 1. The lowest BCUT2D eigenvalue weighted by atomic mass is 10.0. The van der Waals surface area contributed by atoms with Gasteiger partial charge < -0.3 is 26.1 Å². The van der Waals surface area contributed by atoms with Crippen LogP contribution < -0.4 is 21.3 Å². The van der Waals surface area contributed by atoms with Gasteiger partial charge in [-0.05, 0) is 36.3 Å². The Hall–Kier alpha value is -3.94. The molecule has 0 radical (unpaired) electrons. The number of thioether (sulfide) groups is 1. The number of hydrogen-bond donors (Lipinski definition) is 4. The van der Waals surface area contributed by atoms with E-state index >= 15 is 0 Å². The number of benzene rings is 1. The number of rotatable bonds is 18. The minimum absolute atomic E-state index is 0.0199. The molecule has 1 aliphatic rings. The molecule has 0 bridgehead atoms. The molecule has 0 aliphatic carbocycles. The maximum Gasteiger partial charge on any atom is 0.334 e. The Balaban J connectivity index is 2.08. The molecule has 0 unspecified atom stereocenters. The molecule has 0 aromatic heterocycles. The van der Waals surface area contributed by atoms with Crippen LogP contribution in [0.2, 0.25) is 0 Å². The lowest BCUT2D eigenvalue weighted by Crippen LogP contribution is -2.57. The van der Waals surface area contributed by atoms with E-state index < -0.39 is 53.6 Å². The molecule has 1 heterocycles. The van der Waals surface area contributed by atoms with Gasteiger partial charge in [-0.1, -0.05) is 44.2 Å². The lowest BCUT2D eigenvalue weighted by molar-refractivity contribution is -0.197.